The minimum Gasteiger partial charge on any atom is -0.342 e. The molecule has 0 aromatic rings. The molecule has 2 aliphatic heterocycles. The molecule has 68 valence electrons. The molecule has 1 saturated heterocycles. The third kappa shape index (κ3) is 1.27. The van der Waals surface area contributed by atoms with Crippen LogP contribution in [-0.4, -0.2) is 49.1 Å². The molecular formula is C8H16N4. The predicted octanol–water partition coefficient (Wildman–Crippen LogP) is -0.112. The normalized spacial score (nSPS) is 23.6. The van der Waals surface area contributed by atoms with E-state index in [0.717, 1.165) is 19.0 Å². The van der Waals surface area contributed by atoms with Crippen LogP contribution in [0.5, 0.6) is 0 Å². The predicted molar refractivity (Wildman–Crippen MR) is 48.9 cm³/mol. The summed E-state index contributed by atoms with van der Waals surface area (Å²) < 4.78 is 0. The van der Waals surface area contributed by atoms with Gasteiger partial charge in [-0.3, -0.25) is 10.0 Å². The lowest BCUT2D eigenvalue weighted by molar-refractivity contribution is 0.208. The smallest absolute Gasteiger partial charge is 0.211 e. The van der Waals surface area contributed by atoms with Crippen molar-refractivity contribution in [2.75, 3.05) is 33.2 Å². The molecular weight excluding hydrogens is 152 g/mol. The molecule has 0 unspecified atom stereocenters. The van der Waals surface area contributed by atoms with Crippen molar-refractivity contribution < 1.29 is 0 Å². The van der Waals surface area contributed by atoms with Gasteiger partial charge in [0.15, 0.2) is 0 Å². The van der Waals surface area contributed by atoms with Crippen LogP contribution in [0.2, 0.25) is 0 Å². The minimum absolute atomic E-state index is 0.990. The molecule has 0 spiro atoms. The van der Waals surface area contributed by atoms with Crippen LogP contribution in [0.15, 0.2) is 4.99 Å². The summed E-state index contributed by atoms with van der Waals surface area (Å²) in [6.45, 7) is 4.43. The second kappa shape index (κ2) is 3.31. The number of fused-ring (bicyclic) bond motifs is 1. The second-order valence-electron chi connectivity index (χ2n) is 3.25. The molecule has 2 heterocycles. The molecule has 0 aromatic heterocycles. The Morgan fingerprint density at radius 2 is 2.08 bits per heavy atom. The summed E-state index contributed by atoms with van der Waals surface area (Å²) in [6.07, 6.45) is 2.45. The third-order valence-electron chi connectivity index (χ3n) is 2.44. The lowest BCUT2D eigenvalue weighted by atomic mass is 10.2. The summed E-state index contributed by atoms with van der Waals surface area (Å²) in [5, 5.41) is 2.14. The first-order chi connectivity index (χ1) is 5.92. The highest BCUT2D eigenvalue weighted by atomic mass is 15.6. The Bertz CT molecular complexity index is 189. The molecule has 1 fully saturated rings. The van der Waals surface area contributed by atoms with E-state index in [2.05, 4.69) is 20.3 Å². The van der Waals surface area contributed by atoms with E-state index in [1.807, 2.05) is 7.05 Å². The van der Waals surface area contributed by atoms with Crippen molar-refractivity contribution in [2.45, 2.75) is 12.8 Å². The van der Waals surface area contributed by atoms with Crippen LogP contribution in [0.1, 0.15) is 12.8 Å². The Morgan fingerprint density at radius 1 is 1.25 bits per heavy atom. The van der Waals surface area contributed by atoms with Crippen molar-refractivity contribution in [2.24, 2.45) is 4.99 Å². The zero-order chi connectivity index (χ0) is 8.39. The van der Waals surface area contributed by atoms with E-state index in [9.17, 15) is 0 Å². The number of hydrogen-bond acceptors (Lipinski definition) is 4. The Morgan fingerprint density at radius 3 is 2.92 bits per heavy atom. The van der Waals surface area contributed by atoms with Crippen molar-refractivity contribution in [1.29, 1.82) is 0 Å². The first kappa shape index (κ1) is 7.86. The molecule has 4 heteroatoms. The molecule has 4 nitrogen and oxygen atoms in total. The first-order valence-corrected chi connectivity index (χ1v) is 4.66. The highest BCUT2D eigenvalue weighted by molar-refractivity contribution is 5.80. The van der Waals surface area contributed by atoms with Gasteiger partial charge in [-0.05, 0) is 12.8 Å². The molecule has 2 aliphatic rings. The van der Waals surface area contributed by atoms with E-state index in [-0.39, 0.29) is 0 Å². The van der Waals surface area contributed by atoms with Crippen LogP contribution in [-0.2, 0) is 0 Å². The van der Waals surface area contributed by atoms with Crippen LogP contribution in [0, 0.1) is 0 Å². The fourth-order valence-electron chi connectivity index (χ4n) is 1.84. The standard InChI is InChI=1S/C8H16N4/c1-9-12-7-3-6-11-5-2-4-10-8(11)12/h9H,2-7H2,1H3. The lowest BCUT2D eigenvalue weighted by Gasteiger charge is -2.40. The van der Waals surface area contributed by atoms with E-state index >= 15 is 0 Å². The van der Waals surface area contributed by atoms with Gasteiger partial charge in [0.25, 0.3) is 0 Å². The summed E-state index contributed by atoms with van der Waals surface area (Å²) >= 11 is 0. The van der Waals surface area contributed by atoms with Gasteiger partial charge in [0.2, 0.25) is 5.96 Å². The van der Waals surface area contributed by atoms with Gasteiger partial charge in [-0.15, -0.1) is 0 Å². The molecule has 0 amide bonds. The maximum absolute atomic E-state index is 4.51. The summed E-state index contributed by atoms with van der Waals surface area (Å²) in [5.41, 5.74) is 3.16. The SMILES string of the molecule is CNN1CCCN2CCCN=C21. The summed E-state index contributed by atoms with van der Waals surface area (Å²) in [6, 6.07) is 0. The first-order valence-electron chi connectivity index (χ1n) is 4.66. The van der Waals surface area contributed by atoms with Crippen LogP contribution in [0.3, 0.4) is 0 Å². The van der Waals surface area contributed by atoms with E-state index in [4.69, 9.17) is 0 Å². The fraction of sp³-hybridized carbons (Fsp3) is 0.875. The lowest BCUT2D eigenvalue weighted by Crippen LogP contribution is -2.56. The van der Waals surface area contributed by atoms with E-state index < -0.39 is 0 Å². The van der Waals surface area contributed by atoms with Crippen LogP contribution in [0.4, 0.5) is 0 Å². The van der Waals surface area contributed by atoms with E-state index in [0.29, 0.717) is 0 Å². The zero-order valence-electron chi connectivity index (χ0n) is 7.58. The summed E-state index contributed by atoms with van der Waals surface area (Å²) in [7, 11) is 1.96. The Balaban J connectivity index is 2.12. The maximum atomic E-state index is 4.51. The summed E-state index contributed by atoms with van der Waals surface area (Å²) in [4.78, 5) is 6.87. The Hall–Kier alpha value is -0.770. The average Bonchev–Trinajstić information content (AvgIpc) is 2.17. The monoisotopic (exact) mass is 168 g/mol. The molecule has 1 N–H and O–H groups in total. The second-order valence-corrected chi connectivity index (χ2v) is 3.25. The van der Waals surface area contributed by atoms with Gasteiger partial charge in [0.1, 0.15) is 0 Å². The average molecular weight is 168 g/mol. The van der Waals surface area contributed by atoms with E-state index in [1.165, 1.54) is 25.9 Å². The highest BCUT2D eigenvalue weighted by Gasteiger charge is 2.24. The molecule has 0 saturated carbocycles. The highest BCUT2D eigenvalue weighted by Crippen LogP contribution is 2.11. The molecule has 0 aliphatic carbocycles. The van der Waals surface area contributed by atoms with Crippen LogP contribution < -0.4 is 5.43 Å². The van der Waals surface area contributed by atoms with Gasteiger partial charge >= 0.3 is 0 Å². The van der Waals surface area contributed by atoms with Gasteiger partial charge in [0, 0.05) is 33.2 Å². The number of guanidine groups is 1. The van der Waals surface area contributed by atoms with Gasteiger partial charge in [0.05, 0.1) is 0 Å². The number of hydrazine groups is 1. The van der Waals surface area contributed by atoms with Crippen molar-refractivity contribution >= 4 is 5.96 Å². The molecule has 2 rings (SSSR count). The number of nitrogens with zero attached hydrogens (tertiary/aromatic N) is 3. The molecule has 0 aromatic carbocycles. The van der Waals surface area contributed by atoms with Crippen LogP contribution >= 0.6 is 0 Å². The molecule has 12 heavy (non-hydrogen) atoms. The molecule has 0 bridgehead atoms. The topological polar surface area (TPSA) is 30.9 Å². The Kier molecular flexibility index (Phi) is 2.17. The number of hydrogen-bond donors (Lipinski definition) is 1. The molecule has 0 atom stereocenters. The van der Waals surface area contributed by atoms with Gasteiger partial charge in [-0.1, -0.05) is 0 Å². The van der Waals surface area contributed by atoms with Crippen molar-refractivity contribution in [1.82, 2.24) is 15.3 Å². The van der Waals surface area contributed by atoms with Crippen molar-refractivity contribution in [3.8, 4) is 0 Å². The Labute approximate surface area is 73.2 Å². The van der Waals surface area contributed by atoms with Crippen molar-refractivity contribution in [3.63, 3.8) is 0 Å². The van der Waals surface area contributed by atoms with Gasteiger partial charge < -0.3 is 4.90 Å². The van der Waals surface area contributed by atoms with Gasteiger partial charge in [-0.25, -0.2) is 5.43 Å². The number of rotatable bonds is 1. The van der Waals surface area contributed by atoms with Gasteiger partial charge in [-0.2, -0.15) is 0 Å². The largest absolute Gasteiger partial charge is 0.342 e. The fourth-order valence-corrected chi connectivity index (χ4v) is 1.84. The molecule has 0 radical (unpaired) electrons. The quantitative estimate of drug-likeness (QED) is 0.592. The minimum atomic E-state index is 0.990. The van der Waals surface area contributed by atoms with Crippen molar-refractivity contribution in [3.05, 3.63) is 0 Å². The van der Waals surface area contributed by atoms with Crippen LogP contribution in [0.25, 0.3) is 0 Å². The zero-order valence-corrected chi connectivity index (χ0v) is 7.58. The summed E-state index contributed by atoms with van der Waals surface area (Å²) in [5.74, 6) is 1.15. The number of nitrogens with one attached hydrogen (secondary N) is 1. The maximum Gasteiger partial charge on any atom is 0.211 e. The third-order valence-corrected chi connectivity index (χ3v) is 2.44. The number of aliphatic imine (C=N–C) groups is 1. The van der Waals surface area contributed by atoms with E-state index in [1.54, 1.807) is 0 Å².